The van der Waals surface area contributed by atoms with E-state index in [9.17, 15) is 22.4 Å². The number of hydrogen-bond donors (Lipinski definition) is 1. The first-order chi connectivity index (χ1) is 21.2. The van der Waals surface area contributed by atoms with Gasteiger partial charge in [-0.1, -0.05) is 66.7 Å². The molecule has 0 unspecified atom stereocenters. The van der Waals surface area contributed by atoms with Gasteiger partial charge in [-0.25, -0.2) is 12.8 Å². The van der Waals surface area contributed by atoms with Crippen molar-refractivity contribution in [2.75, 3.05) is 10.8 Å². The van der Waals surface area contributed by atoms with Crippen molar-refractivity contribution in [1.82, 2.24) is 10.2 Å². The molecule has 4 rings (SSSR count). The number of benzene rings is 4. The van der Waals surface area contributed by atoms with E-state index in [0.717, 1.165) is 21.0 Å². The third-order valence-electron chi connectivity index (χ3n) is 7.14. The fourth-order valence-corrected chi connectivity index (χ4v) is 6.56. The van der Waals surface area contributed by atoms with Crippen molar-refractivity contribution >= 4 is 27.5 Å². The molecule has 1 atom stereocenters. The molecule has 0 bridgehead atoms. The first kappa shape index (κ1) is 33.4. The van der Waals surface area contributed by atoms with Crippen LogP contribution >= 0.6 is 0 Å². The Balaban J connectivity index is 1.83. The summed E-state index contributed by atoms with van der Waals surface area (Å²) in [6.45, 7) is 8.68. The number of rotatable bonds is 11. The van der Waals surface area contributed by atoms with Gasteiger partial charge in [0.1, 0.15) is 18.4 Å². The van der Waals surface area contributed by atoms with Gasteiger partial charge >= 0.3 is 0 Å². The molecule has 9 heteroatoms. The van der Waals surface area contributed by atoms with Gasteiger partial charge in [-0.3, -0.25) is 13.9 Å². The molecule has 0 spiro atoms. The van der Waals surface area contributed by atoms with Crippen molar-refractivity contribution in [3.8, 4) is 0 Å². The minimum Gasteiger partial charge on any atom is -0.350 e. The standard InChI is InChI=1S/C36H40FN3O4S/c1-26-20-27(2)22-31(21-26)40(45(43,44)32-14-10-7-11-15-32)25-34(41)39(24-29-16-18-30(37)19-17-29)33(35(42)38-36(3,4)5)23-28-12-8-6-9-13-28/h6-22,33H,23-25H2,1-5H3,(H,38,42)/t33-/m0/s1. The van der Waals surface area contributed by atoms with Crippen LogP contribution in [0.2, 0.25) is 0 Å². The van der Waals surface area contributed by atoms with Gasteiger partial charge in [0.25, 0.3) is 10.0 Å². The minimum atomic E-state index is -4.19. The lowest BCUT2D eigenvalue weighted by Gasteiger charge is -2.35. The minimum absolute atomic E-state index is 0.0355. The quantitative estimate of drug-likeness (QED) is 0.214. The lowest BCUT2D eigenvalue weighted by Crippen LogP contribution is -2.56. The second-order valence-corrected chi connectivity index (χ2v) is 14.1. The Labute approximate surface area is 265 Å². The SMILES string of the molecule is Cc1cc(C)cc(N(CC(=O)N(Cc2ccc(F)cc2)[C@@H](Cc2ccccc2)C(=O)NC(C)(C)C)S(=O)(=O)c2ccccc2)c1. The fourth-order valence-electron chi connectivity index (χ4n) is 5.14. The van der Waals surface area contributed by atoms with Crippen molar-refractivity contribution in [3.63, 3.8) is 0 Å². The number of aryl methyl sites for hydroxylation is 2. The first-order valence-corrected chi connectivity index (χ1v) is 16.2. The van der Waals surface area contributed by atoms with Crippen molar-refractivity contribution < 1.29 is 22.4 Å². The average molecular weight is 630 g/mol. The summed E-state index contributed by atoms with van der Waals surface area (Å²) in [4.78, 5) is 29.9. The fraction of sp³-hybridized carbons (Fsp3) is 0.278. The van der Waals surface area contributed by atoms with Crippen LogP contribution in [0.25, 0.3) is 0 Å². The third-order valence-corrected chi connectivity index (χ3v) is 8.93. The summed E-state index contributed by atoms with van der Waals surface area (Å²) >= 11 is 0. The maximum atomic E-state index is 14.5. The predicted molar refractivity (Wildman–Crippen MR) is 176 cm³/mol. The van der Waals surface area contributed by atoms with Crippen LogP contribution in [0.5, 0.6) is 0 Å². The molecule has 0 heterocycles. The van der Waals surface area contributed by atoms with E-state index in [1.165, 1.54) is 29.2 Å². The summed E-state index contributed by atoms with van der Waals surface area (Å²) in [7, 11) is -4.19. The largest absolute Gasteiger partial charge is 0.350 e. The van der Waals surface area contributed by atoms with E-state index in [4.69, 9.17) is 0 Å². The Morgan fingerprint density at radius 3 is 1.91 bits per heavy atom. The van der Waals surface area contributed by atoms with Crippen molar-refractivity contribution in [2.45, 2.75) is 64.1 Å². The molecule has 0 aliphatic heterocycles. The van der Waals surface area contributed by atoms with E-state index >= 15 is 0 Å². The Kier molecular flexibility index (Phi) is 10.4. The molecule has 4 aromatic rings. The number of anilines is 1. The number of nitrogens with one attached hydrogen (secondary N) is 1. The summed E-state index contributed by atoms with van der Waals surface area (Å²) in [5, 5.41) is 3.00. The van der Waals surface area contributed by atoms with Crippen LogP contribution in [0, 0.1) is 19.7 Å². The average Bonchev–Trinajstić information content (AvgIpc) is 2.98. The third kappa shape index (κ3) is 9.01. The monoisotopic (exact) mass is 629 g/mol. The second kappa shape index (κ2) is 14.1. The first-order valence-electron chi connectivity index (χ1n) is 14.8. The molecule has 236 valence electrons. The van der Waals surface area contributed by atoms with E-state index in [1.54, 1.807) is 42.5 Å². The highest BCUT2D eigenvalue weighted by atomic mass is 32.2. The van der Waals surface area contributed by atoms with Gasteiger partial charge in [0.05, 0.1) is 10.6 Å². The molecule has 1 N–H and O–H groups in total. The van der Waals surface area contributed by atoms with Crippen LogP contribution < -0.4 is 9.62 Å². The van der Waals surface area contributed by atoms with E-state index in [0.29, 0.717) is 11.3 Å². The Morgan fingerprint density at radius 1 is 0.800 bits per heavy atom. The molecule has 4 aromatic carbocycles. The van der Waals surface area contributed by atoms with Crippen LogP contribution in [-0.2, 0) is 32.6 Å². The number of carbonyl (C=O) groups excluding carboxylic acids is 2. The Morgan fingerprint density at radius 2 is 1.36 bits per heavy atom. The molecule has 45 heavy (non-hydrogen) atoms. The van der Waals surface area contributed by atoms with Gasteiger partial charge < -0.3 is 10.2 Å². The number of amides is 2. The maximum absolute atomic E-state index is 14.5. The number of hydrogen-bond acceptors (Lipinski definition) is 4. The highest BCUT2D eigenvalue weighted by molar-refractivity contribution is 7.92. The maximum Gasteiger partial charge on any atom is 0.264 e. The van der Waals surface area contributed by atoms with Crippen molar-refractivity contribution in [3.05, 3.63) is 131 Å². The molecule has 0 aliphatic rings. The molecule has 0 fully saturated rings. The summed E-state index contributed by atoms with van der Waals surface area (Å²) < 4.78 is 43.2. The molecular formula is C36H40FN3O4S. The van der Waals surface area contributed by atoms with Crippen LogP contribution in [0.1, 0.15) is 43.0 Å². The Bertz CT molecular complexity index is 1700. The van der Waals surface area contributed by atoms with Crippen LogP contribution in [0.15, 0.2) is 108 Å². The number of sulfonamides is 1. The number of nitrogens with zero attached hydrogens (tertiary/aromatic N) is 2. The summed E-state index contributed by atoms with van der Waals surface area (Å²) in [5.74, 6) is -1.40. The molecular weight excluding hydrogens is 589 g/mol. The van der Waals surface area contributed by atoms with Gasteiger partial charge in [0.2, 0.25) is 11.8 Å². The lowest BCUT2D eigenvalue weighted by atomic mass is 10.0. The molecule has 0 saturated carbocycles. The van der Waals surface area contributed by atoms with Crippen LogP contribution in [0.3, 0.4) is 0 Å². The second-order valence-electron chi connectivity index (χ2n) is 12.3. The van der Waals surface area contributed by atoms with E-state index < -0.39 is 39.9 Å². The highest BCUT2D eigenvalue weighted by Gasteiger charge is 2.35. The zero-order valence-corrected chi connectivity index (χ0v) is 27.1. The smallest absolute Gasteiger partial charge is 0.264 e. The Hall–Kier alpha value is -4.50. The summed E-state index contributed by atoms with van der Waals surface area (Å²) in [5.41, 5.74) is 2.83. The number of carbonyl (C=O) groups is 2. The lowest BCUT2D eigenvalue weighted by molar-refractivity contribution is -0.140. The van der Waals surface area contributed by atoms with Gasteiger partial charge in [0.15, 0.2) is 0 Å². The number of halogens is 1. The zero-order valence-electron chi connectivity index (χ0n) is 26.3. The highest BCUT2D eigenvalue weighted by Crippen LogP contribution is 2.27. The van der Waals surface area contributed by atoms with E-state index in [2.05, 4.69) is 5.32 Å². The summed E-state index contributed by atoms with van der Waals surface area (Å²) in [6, 6.07) is 27.3. The molecule has 0 aromatic heterocycles. The van der Waals surface area contributed by atoms with E-state index in [-0.39, 0.29) is 23.8 Å². The van der Waals surface area contributed by atoms with Crippen molar-refractivity contribution in [2.24, 2.45) is 0 Å². The van der Waals surface area contributed by atoms with E-state index in [1.807, 2.05) is 71.0 Å². The summed E-state index contributed by atoms with van der Waals surface area (Å²) in [6.07, 6.45) is 0.185. The van der Waals surface area contributed by atoms with Crippen LogP contribution in [0.4, 0.5) is 10.1 Å². The molecule has 0 aliphatic carbocycles. The van der Waals surface area contributed by atoms with Gasteiger partial charge in [-0.05, 0) is 93.3 Å². The normalized spacial score (nSPS) is 12.3. The predicted octanol–water partition coefficient (Wildman–Crippen LogP) is 6.19. The van der Waals surface area contributed by atoms with Gasteiger partial charge in [-0.15, -0.1) is 0 Å². The molecule has 7 nitrogen and oxygen atoms in total. The molecule has 0 radical (unpaired) electrons. The zero-order chi connectivity index (χ0) is 32.8. The molecule has 2 amide bonds. The topological polar surface area (TPSA) is 86.8 Å². The van der Waals surface area contributed by atoms with Crippen LogP contribution in [-0.4, -0.2) is 43.3 Å². The molecule has 0 saturated heterocycles. The van der Waals surface area contributed by atoms with Gasteiger partial charge in [0, 0.05) is 18.5 Å². The van der Waals surface area contributed by atoms with Crippen molar-refractivity contribution in [1.29, 1.82) is 0 Å². The van der Waals surface area contributed by atoms with Gasteiger partial charge in [-0.2, -0.15) is 0 Å².